The second kappa shape index (κ2) is 8.70. The Morgan fingerprint density at radius 1 is 1.13 bits per heavy atom. The lowest BCUT2D eigenvalue weighted by molar-refractivity contribution is -0.123. The number of benzene rings is 2. The van der Waals surface area contributed by atoms with Gasteiger partial charge in [-0.05, 0) is 30.7 Å². The standard InChI is InChI=1S/C19H23ClN2O/c1-3-22(13-16-9-5-4-6-10-16)14-19(23)21-15(2)17-11-7-8-12-18(17)20/h4-12,15H,3,13-14H2,1-2H3,(H,21,23). The van der Waals surface area contributed by atoms with E-state index in [1.54, 1.807) is 0 Å². The number of carbonyl (C=O) groups excluding carboxylic acids is 1. The summed E-state index contributed by atoms with van der Waals surface area (Å²) in [4.78, 5) is 14.4. The van der Waals surface area contributed by atoms with Crippen LogP contribution in [0.2, 0.25) is 5.02 Å². The number of carbonyl (C=O) groups is 1. The quantitative estimate of drug-likeness (QED) is 0.831. The molecule has 0 aromatic heterocycles. The Hall–Kier alpha value is -1.84. The molecule has 0 aliphatic heterocycles. The molecule has 1 unspecified atom stereocenters. The Morgan fingerprint density at radius 2 is 1.78 bits per heavy atom. The van der Waals surface area contributed by atoms with Gasteiger partial charge in [0, 0.05) is 11.6 Å². The largest absolute Gasteiger partial charge is 0.348 e. The van der Waals surface area contributed by atoms with Gasteiger partial charge in [0.15, 0.2) is 0 Å². The highest BCUT2D eigenvalue weighted by Gasteiger charge is 2.14. The number of halogens is 1. The first-order valence-electron chi connectivity index (χ1n) is 7.90. The predicted molar refractivity (Wildman–Crippen MR) is 95.4 cm³/mol. The Labute approximate surface area is 143 Å². The first-order valence-corrected chi connectivity index (χ1v) is 8.28. The van der Waals surface area contributed by atoms with Gasteiger partial charge in [0.2, 0.25) is 5.91 Å². The van der Waals surface area contributed by atoms with Crippen LogP contribution in [0.1, 0.15) is 31.0 Å². The summed E-state index contributed by atoms with van der Waals surface area (Å²) in [6.07, 6.45) is 0. The molecule has 4 heteroatoms. The van der Waals surface area contributed by atoms with Gasteiger partial charge in [-0.15, -0.1) is 0 Å². The van der Waals surface area contributed by atoms with Crippen molar-refractivity contribution in [3.05, 3.63) is 70.7 Å². The second-order valence-corrected chi connectivity index (χ2v) is 6.01. The van der Waals surface area contributed by atoms with Crippen LogP contribution in [-0.2, 0) is 11.3 Å². The van der Waals surface area contributed by atoms with Crippen molar-refractivity contribution in [1.29, 1.82) is 0 Å². The van der Waals surface area contributed by atoms with Crippen LogP contribution in [0.15, 0.2) is 54.6 Å². The molecule has 1 atom stereocenters. The van der Waals surface area contributed by atoms with Crippen LogP contribution < -0.4 is 5.32 Å². The number of likely N-dealkylation sites (N-methyl/N-ethyl adjacent to an activating group) is 1. The van der Waals surface area contributed by atoms with Gasteiger partial charge in [-0.3, -0.25) is 9.69 Å². The summed E-state index contributed by atoms with van der Waals surface area (Å²) in [5.41, 5.74) is 2.15. The number of nitrogens with zero attached hydrogens (tertiary/aromatic N) is 1. The molecular formula is C19H23ClN2O. The molecule has 3 nitrogen and oxygen atoms in total. The summed E-state index contributed by atoms with van der Waals surface area (Å²) in [6, 6.07) is 17.7. The van der Waals surface area contributed by atoms with Crippen LogP contribution in [0.3, 0.4) is 0 Å². The van der Waals surface area contributed by atoms with E-state index in [0.29, 0.717) is 11.6 Å². The predicted octanol–water partition coefficient (Wildman–Crippen LogP) is 4.04. The lowest BCUT2D eigenvalue weighted by Gasteiger charge is -2.22. The normalized spacial score (nSPS) is 12.2. The van der Waals surface area contributed by atoms with Gasteiger partial charge in [-0.1, -0.05) is 67.1 Å². The monoisotopic (exact) mass is 330 g/mol. The number of nitrogens with one attached hydrogen (secondary N) is 1. The topological polar surface area (TPSA) is 32.3 Å². The molecule has 0 radical (unpaired) electrons. The number of hydrogen-bond donors (Lipinski definition) is 1. The molecule has 0 aliphatic carbocycles. The maximum atomic E-state index is 12.3. The molecule has 1 N–H and O–H groups in total. The summed E-state index contributed by atoms with van der Waals surface area (Å²) >= 11 is 6.18. The van der Waals surface area contributed by atoms with Crippen molar-refractivity contribution >= 4 is 17.5 Å². The Morgan fingerprint density at radius 3 is 2.43 bits per heavy atom. The maximum absolute atomic E-state index is 12.3. The van der Waals surface area contributed by atoms with Crippen molar-refractivity contribution in [1.82, 2.24) is 10.2 Å². The summed E-state index contributed by atoms with van der Waals surface area (Å²) in [6.45, 7) is 5.98. The molecule has 23 heavy (non-hydrogen) atoms. The highest BCUT2D eigenvalue weighted by Crippen LogP contribution is 2.22. The molecule has 0 bridgehead atoms. The van der Waals surface area contributed by atoms with Gasteiger partial charge in [0.25, 0.3) is 0 Å². The molecular weight excluding hydrogens is 308 g/mol. The van der Waals surface area contributed by atoms with E-state index in [0.717, 1.165) is 18.7 Å². The molecule has 0 saturated carbocycles. The molecule has 2 aromatic carbocycles. The fourth-order valence-corrected chi connectivity index (χ4v) is 2.81. The molecule has 0 spiro atoms. The zero-order valence-corrected chi connectivity index (χ0v) is 14.4. The third-order valence-electron chi connectivity index (χ3n) is 3.81. The van der Waals surface area contributed by atoms with Crippen LogP contribution in [0.5, 0.6) is 0 Å². The molecule has 122 valence electrons. The van der Waals surface area contributed by atoms with Gasteiger partial charge >= 0.3 is 0 Å². The van der Waals surface area contributed by atoms with Gasteiger partial charge in [0.05, 0.1) is 12.6 Å². The maximum Gasteiger partial charge on any atom is 0.234 e. The smallest absolute Gasteiger partial charge is 0.234 e. The Balaban J connectivity index is 1.91. The first kappa shape index (κ1) is 17.5. The summed E-state index contributed by atoms with van der Waals surface area (Å²) in [5, 5.41) is 3.70. The van der Waals surface area contributed by atoms with E-state index >= 15 is 0 Å². The SMILES string of the molecule is CCN(CC(=O)NC(C)c1ccccc1Cl)Cc1ccccc1. The van der Waals surface area contributed by atoms with Crippen LogP contribution in [0, 0.1) is 0 Å². The fourth-order valence-electron chi connectivity index (χ4n) is 2.52. The molecule has 0 saturated heterocycles. The van der Waals surface area contributed by atoms with E-state index in [1.807, 2.05) is 49.4 Å². The molecule has 1 amide bonds. The van der Waals surface area contributed by atoms with Crippen LogP contribution in [-0.4, -0.2) is 23.9 Å². The second-order valence-electron chi connectivity index (χ2n) is 5.60. The van der Waals surface area contributed by atoms with Gasteiger partial charge in [-0.25, -0.2) is 0 Å². The van der Waals surface area contributed by atoms with Crippen LogP contribution in [0.25, 0.3) is 0 Å². The van der Waals surface area contributed by atoms with E-state index in [-0.39, 0.29) is 11.9 Å². The van der Waals surface area contributed by atoms with Crippen LogP contribution >= 0.6 is 11.6 Å². The molecule has 0 aliphatic rings. The zero-order chi connectivity index (χ0) is 16.7. The third kappa shape index (κ3) is 5.38. The van der Waals surface area contributed by atoms with E-state index in [4.69, 9.17) is 11.6 Å². The minimum Gasteiger partial charge on any atom is -0.348 e. The fraction of sp³-hybridized carbons (Fsp3) is 0.316. The average molecular weight is 331 g/mol. The van der Waals surface area contributed by atoms with Crippen LogP contribution in [0.4, 0.5) is 0 Å². The molecule has 2 rings (SSSR count). The van der Waals surface area contributed by atoms with Gasteiger partial charge < -0.3 is 5.32 Å². The number of amides is 1. The molecule has 2 aromatic rings. The Kier molecular flexibility index (Phi) is 6.63. The zero-order valence-electron chi connectivity index (χ0n) is 13.6. The van der Waals surface area contributed by atoms with E-state index in [1.165, 1.54) is 5.56 Å². The first-order chi connectivity index (χ1) is 11.1. The van der Waals surface area contributed by atoms with E-state index < -0.39 is 0 Å². The minimum atomic E-state index is -0.105. The minimum absolute atomic E-state index is 0.00945. The lowest BCUT2D eigenvalue weighted by Crippen LogP contribution is -2.38. The van der Waals surface area contributed by atoms with Gasteiger partial charge in [0.1, 0.15) is 0 Å². The Bertz CT molecular complexity index is 630. The molecule has 0 fully saturated rings. The summed E-state index contributed by atoms with van der Waals surface area (Å²) in [5.74, 6) is 0.00945. The van der Waals surface area contributed by atoms with Crippen molar-refractivity contribution < 1.29 is 4.79 Å². The van der Waals surface area contributed by atoms with E-state index in [2.05, 4.69) is 29.3 Å². The van der Waals surface area contributed by atoms with Crippen molar-refractivity contribution in [2.45, 2.75) is 26.4 Å². The van der Waals surface area contributed by atoms with Gasteiger partial charge in [-0.2, -0.15) is 0 Å². The van der Waals surface area contributed by atoms with Crippen molar-refractivity contribution in [2.75, 3.05) is 13.1 Å². The average Bonchev–Trinajstić information content (AvgIpc) is 2.55. The number of hydrogen-bond acceptors (Lipinski definition) is 2. The highest BCUT2D eigenvalue weighted by atomic mass is 35.5. The lowest BCUT2D eigenvalue weighted by atomic mass is 10.1. The summed E-state index contributed by atoms with van der Waals surface area (Å²) in [7, 11) is 0. The van der Waals surface area contributed by atoms with Crippen molar-refractivity contribution in [3.63, 3.8) is 0 Å². The van der Waals surface area contributed by atoms with Crippen molar-refractivity contribution in [2.24, 2.45) is 0 Å². The third-order valence-corrected chi connectivity index (χ3v) is 4.16. The van der Waals surface area contributed by atoms with Crippen molar-refractivity contribution in [3.8, 4) is 0 Å². The highest BCUT2D eigenvalue weighted by molar-refractivity contribution is 6.31. The summed E-state index contributed by atoms with van der Waals surface area (Å²) < 4.78 is 0. The van der Waals surface area contributed by atoms with E-state index in [9.17, 15) is 4.79 Å². The molecule has 0 heterocycles. The number of rotatable bonds is 7.